The molecule has 0 aromatic rings. The zero-order valence-electron chi connectivity index (χ0n) is 9.37. The van der Waals surface area contributed by atoms with Gasteiger partial charge in [0.15, 0.2) is 0 Å². The predicted molar refractivity (Wildman–Crippen MR) is 63.4 cm³/mol. The molecule has 0 radical (unpaired) electrons. The van der Waals surface area contributed by atoms with E-state index in [1.807, 2.05) is 4.90 Å². The average Bonchev–Trinajstić information content (AvgIpc) is 2.81. The van der Waals surface area contributed by atoms with Gasteiger partial charge in [-0.15, -0.1) is 0 Å². The molecule has 0 saturated carbocycles. The first-order chi connectivity index (χ1) is 7.65. The number of amides is 1. The summed E-state index contributed by atoms with van der Waals surface area (Å²) in [5, 5.41) is 2.94. The largest absolute Gasteiger partial charge is 0.468 e. The van der Waals surface area contributed by atoms with Gasteiger partial charge in [-0.1, -0.05) is 15.9 Å². The molecule has 1 atom stereocenters. The smallest absolute Gasteiger partial charge is 0.320 e. The number of likely N-dealkylation sites (tertiary alicyclic amines) is 1. The average molecular weight is 293 g/mol. The molecular formula is C10H17BrN2O3. The van der Waals surface area contributed by atoms with Crippen LogP contribution in [0.1, 0.15) is 12.8 Å². The van der Waals surface area contributed by atoms with Gasteiger partial charge in [-0.05, 0) is 12.8 Å². The number of hydrogen-bond acceptors (Lipinski definition) is 4. The summed E-state index contributed by atoms with van der Waals surface area (Å²) in [4.78, 5) is 24.1. The van der Waals surface area contributed by atoms with Crippen LogP contribution < -0.4 is 5.32 Å². The van der Waals surface area contributed by atoms with Crippen molar-refractivity contribution in [3.63, 3.8) is 0 Å². The number of alkyl halides is 1. The van der Waals surface area contributed by atoms with E-state index in [2.05, 4.69) is 26.0 Å². The van der Waals surface area contributed by atoms with Crippen molar-refractivity contribution >= 4 is 27.8 Å². The molecule has 6 heteroatoms. The minimum Gasteiger partial charge on any atom is -0.468 e. The summed E-state index contributed by atoms with van der Waals surface area (Å²) in [6, 6.07) is 0. The molecule has 1 saturated heterocycles. The SMILES string of the molecule is COC(=O)C(Br)CNCC(=O)N1CCCC1. The Kier molecular flexibility index (Phi) is 5.76. The molecule has 0 aromatic carbocycles. The molecule has 1 aliphatic rings. The van der Waals surface area contributed by atoms with E-state index in [0.29, 0.717) is 6.54 Å². The van der Waals surface area contributed by atoms with Gasteiger partial charge in [-0.3, -0.25) is 9.59 Å². The summed E-state index contributed by atoms with van der Waals surface area (Å²) >= 11 is 3.18. The van der Waals surface area contributed by atoms with Gasteiger partial charge in [-0.2, -0.15) is 0 Å². The quantitative estimate of drug-likeness (QED) is 0.578. The summed E-state index contributed by atoms with van der Waals surface area (Å²) in [6.45, 7) is 2.38. The maximum Gasteiger partial charge on any atom is 0.320 e. The second-order valence-corrected chi connectivity index (χ2v) is 4.81. The molecule has 0 aromatic heterocycles. The van der Waals surface area contributed by atoms with Crippen LogP contribution in [0.15, 0.2) is 0 Å². The Balaban J connectivity index is 2.14. The third kappa shape index (κ3) is 4.09. The van der Waals surface area contributed by atoms with Crippen LogP contribution in [0, 0.1) is 0 Å². The van der Waals surface area contributed by atoms with E-state index in [1.165, 1.54) is 7.11 Å². The number of ether oxygens (including phenoxy) is 1. The zero-order valence-corrected chi connectivity index (χ0v) is 11.0. The van der Waals surface area contributed by atoms with Crippen LogP contribution in [-0.2, 0) is 14.3 Å². The molecule has 1 rings (SSSR count). The summed E-state index contributed by atoms with van der Waals surface area (Å²) in [6.07, 6.45) is 2.18. The van der Waals surface area contributed by atoms with Crippen LogP contribution in [0.25, 0.3) is 0 Å². The topological polar surface area (TPSA) is 58.6 Å². The Morgan fingerprint density at radius 2 is 2.06 bits per heavy atom. The van der Waals surface area contributed by atoms with Crippen LogP contribution in [0.4, 0.5) is 0 Å². The van der Waals surface area contributed by atoms with Crippen LogP contribution in [0.3, 0.4) is 0 Å². The molecule has 16 heavy (non-hydrogen) atoms. The van der Waals surface area contributed by atoms with Crippen molar-refractivity contribution in [1.82, 2.24) is 10.2 Å². The van der Waals surface area contributed by atoms with E-state index >= 15 is 0 Å². The number of methoxy groups -OCH3 is 1. The molecule has 0 aliphatic carbocycles. The monoisotopic (exact) mass is 292 g/mol. The highest BCUT2D eigenvalue weighted by molar-refractivity contribution is 9.10. The second kappa shape index (κ2) is 6.85. The van der Waals surface area contributed by atoms with E-state index in [0.717, 1.165) is 25.9 Å². The molecule has 5 nitrogen and oxygen atoms in total. The fourth-order valence-electron chi connectivity index (χ4n) is 1.60. The number of carbonyl (C=O) groups is 2. The highest BCUT2D eigenvalue weighted by Crippen LogP contribution is 2.06. The summed E-state index contributed by atoms with van der Waals surface area (Å²) in [5.41, 5.74) is 0. The summed E-state index contributed by atoms with van der Waals surface area (Å²) in [5.74, 6) is -0.233. The van der Waals surface area contributed by atoms with E-state index in [-0.39, 0.29) is 18.4 Å². The number of nitrogens with one attached hydrogen (secondary N) is 1. The van der Waals surface area contributed by atoms with Crippen molar-refractivity contribution in [2.45, 2.75) is 17.7 Å². The lowest BCUT2D eigenvalue weighted by molar-refractivity contribution is -0.140. The molecular weight excluding hydrogens is 276 g/mol. The second-order valence-electron chi connectivity index (χ2n) is 3.71. The van der Waals surface area contributed by atoms with E-state index in [4.69, 9.17) is 0 Å². The van der Waals surface area contributed by atoms with Crippen LogP contribution in [0.2, 0.25) is 0 Å². The summed E-state index contributed by atoms with van der Waals surface area (Å²) in [7, 11) is 1.34. The standard InChI is InChI=1S/C10H17BrN2O3/c1-16-10(15)8(11)6-12-7-9(14)13-4-2-3-5-13/h8,12H,2-7H2,1H3. The summed E-state index contributed by atoms with van der Waals surface area (Å²) < 4.78 is 4.55. The van der Waals surface area contributed by atoms with Crippen LogP contribution in [0.5, 0.6) is 0 Å². The lowest BCUT2D eigenvalue weighted by Gasteiger charge is -2.16. The fraction of sp³-hybridized carbons (Fsp3) is 0.800. The van der Waals surface area contributed by atoms with Gasteiger partial charge in [0, 0.05) is 19.6 Å². The molecule has 1 fully saturated rings. The van der Waals surface area contributed by atoms with Crippen molar-refractivity contribution in [1.29, 1.82) is 0 Å². The zero-order chi connectivity index (χ0) is 12.0. The van der Waals surface area contributed by atoms with Gasteiger partial charge in [0.2, 0.25) is 5.91 Å². The molecule has 1 unspecified atom stereocenters. The third-order valence-electron chi connectivity index (χ3n) is 2.52. The van der Waals surface area contributed by atoms with E-state index < -0.39 is 4.83 Å². The first-order valence-corrected chi connectivity index (χ1v) is 6.27. The Labute approximate surface area is 104 Å². The predicted octanol–water partition coefficient (Wildman–Crippen LogP) is 0.135. The first kappa shape index (κ1) is 13.4. The van der Waals surface area contributed by atoms with Crippen molar-refractivity contribution in [3.8, 4) is 0 Å². The van der Waals surface area contributed by atoms with Gasteiger partial charge in [-0.25, -0.2) is 0 Å². The molecule has 0 spiro atoms. The molecule has 1 N–H and O–H groups in total. The Morgan fingerprint density at radius 1 is 1.44 bits per heavy atom. The Hall–Kier alpha value is -0.620. The van der Waals surface area contributed by atoms with Gasteiger partial charge >= 0.3 is 5.97 Å². The fourth-order valence-corrected chi connectivity index (χ4v) is 2.01. The highest BCUT2D eigenvalue weighted by atomic mass is 79.9. The number of halogens is 1. The number of hydrogen-bond donors (Lipinski definition) is 1. The maximum atomic E-state index is 11.6. The molecule has 92 valence electrons. The van der Waals surface area contributed by atoms with Gasteiger partial charge in [0.1, 0.15) is 4.83 Å². The van der Waals surface area contributed by atoms with Crippen molar-refractivity contribution in [2.24, 2.45) is 0 Å². The number of nitrogens with zero attached hydrogens (tertiary/aromatic N) is 1. The van der Waals surface area contributed by atoms with E-state index in [1.54, 1.807) is 0 Å². The number of esters is 1. The molecule has 1 amide bonds. The highest BCUT2D eigenvalue weighted by Gasteiger charge is 2.19. The number of carbonyl (C=O) groups excluding carboxylic acids is 2. The molecule has 0 bridgehead atoms. The Bertz CT molecular complexity index is 254. The minimum atomic E-state index is -0.399. The van der Waals surface area contributed by atoms with E-state index in [9.17, 15) is 9.59 Å². The lowest BCUT2D eigenvalue weighted by Crippen LogP contribution is -2.39. The minimum absolute atomic E-state index is 0.0991. The van der Waals surface area contributed by atoms with Gasteiger partial charge in [0.05, 0.1) is 13.7 Å². The van der Waals surface area contributed by atoms with Crippen molar-refractivity contribution in [2.75, 3.05) is 33.3 Å². The first-order valence-electron chi connectivity index (χ1n) is 5.35. The van der Waals surface area contributed by atoms with Crippen LogP contribution >= 0.6 is 15.9 Å². The normalized spacial score (nSPS) is 17.2. The van der Waals surface area contributed by atoms with Crippen molar-refractivity contribution in [3.05, 3.63) is 0 Å². The molecule has 1 heterocycles. The Morgan fingerprint density at radius 3 is 2.62 bits per heavy atom. The lowest BCUT2D eigenvalue weighted by atomic mass is 10.4. The number of rotatable bonds is 5. The van der Waals surface area contributed by atoms with Gasteiger partial charge < -0.3 is 15.0 Å². The van der Waals surface area contributed by atoms with Crippen LogP contribution in [-0.4, -0.2) is 54.9 Å². The third-order valence-corrected chi connectivity index (χ3v) is 3.21. The van der Waals surface area contributed by atoms with Gasteiger partial charge in [0.25, 0.3) is 0 Å². The maximum absolute atomic E-state index is 11.6. The molecule has 1 aliphatic heterocycles. The van der Waals surface area contributed by atoms with Crippen molar-refractivity contribution < 1.29 is 14.3 Å².